The second kappa shape index (κ2) is 12.4. The van der Waals surface area contributed by atoms with Crippen molar-refractivity contribution in [2.24, 2.45) is 11.8 Å². The molecule has 2 aliphatic rings. The molecule has 5 rings (SSSR count). The van der Waals surface area contributed by atoms with Gasteiger partial charge < -0.3 is 19.9 Å². The van der Waals surface area contributed by atoms with E-state index >= 15 is 0 Å². The molecule has 1 unspecified atom stereocenters. The van der Waals surface area contributed by atoms with Crippen molar-refractivity contribution in [3.63, 3.8) is 0 Å². The quantitative estimate of drug-likeness (QED) is 0.363. The van der Waals surface area contributed by atoms with Crippen molar-refractivity contribution in [3.8, 4) is 11.5 Å². The molecule has 3 aromatic rings. The van der Waals surface area contributed by atoms with Crippen LogP contribution in [0.3, 0.4) is 0 Å². The number of pyridine rings is 1. The number of piperidine rings is 1. The minimum Gasteiger partial charge on any atom is -0.453 e. The number of Topliss-reactive ketones (excluding diaryl/α,β-unsaturated/α-hetero) is 1. The summed E-state index contributed by atoms with van der Waals surface area (Å²) in [7, 11) is 3.91. The van der Waals surface area contributed by atoms with Crippen molar-refractivity contribution < 1.29 is 23.5 Å². The number of nitrogens with one attached hydrogen (secondary N) is 1. The van der Waals surface area contributed by atoms with Crippen LogP contribution < -0.4 is 10.1 Å². The van der Waals surface area contributed by atoms with Crippen molar-refractivity contribution in [2.45, 2.75) is 38.5 Å². The van der Waals surface area contributed by atoms with Crippen molar-refractivity contribution in [1.82, 2.24) is 20.1 Å². The van der Waals surface area contributed by atoms with Crippen molar-refractivity contribution in [2.75, 3.05) is 40.3 Å². The highest BCUT2D eigenvalue weighted by Gasteiger charge is 2.30. The minimum atomic E-state index is -0.544. The van der Waals surface area contributed by atoms with Crippen molar-refractivity contribution in [1.29, 1.82) is 0 Å². The average molecular weight is 567 g/mol. The van der Waals surface area contributed by atoms with Crippen LogP contribution in [0.1, 0.15) is 47.3 Å². The monoisotopic (exact) mass is 566 g/mol. The van der Waals surface area contributed by atoms with Gasteiger partial charge in [-0.3, -0.25) is 19.4 Å². The fourth-order valence-electron chi connectivity index (χ4n) is 4.98. The molecule has 2 aromatic heterocycles. The first-order valence-electron chi connectivity index (χ1n) is 13.8. The number of hydrogen-bond donors (Lipinski definition) is 1. The summed E-state index contributed by atoms with van der Waals surface area (Å²) in [6.07, 6.45) is 6.08. The zero-order valence-electron chi connectivity index (χ0n) is 23.0. The summed E-state index contributed by atoms with van der Waals surface area (Å²) in [6.45, 7) is 2.29. The van der Waals surface area contributed by atoms with Gasteiger partial charge in [-0.2, -0.15) is 0 Å². The number of nitrogens with zero attached hydrogens (tertiary/aromatic N) is 3. The van der Waals surface area contributed by atoms with E-state index in [0.29, 0.717) is 58.4 Å². The number of rotatable bonds is 11. The molecule has 1 aliphatic heterocycles. The van der Waals surface area contributed by atoms with Crippen LogP contribution in [0.4, 0.5) is 4.39 Å². The van der Waals surface area contributed by atoms with Crippen molar-refractivity contribution >= 4 is 39.2 Å². The molecule has 1 N–H and O–H groups in total. The standard InChI is InChI=1S/C30H35FN4O4S/c1-34(2)13-11-33-29(37)21-4-3-12-35(18-21)30(38)27-17-24-28(40-27)26(9-10-32-24)39-25-8-7-20(16-23(25)31)15-22(36)14-19-5-6-19/h7-10,16-17,19,21H,3-6,11-15,18H2,1-2H3,(H,33,37). The van der Waals surface area contributed by atoms with Gasteiger partial charge in [0.05, 0.1) is 21.0 Å². The Balaban J connectivity index is 1.25. The summed E-state index contributed by atoms with van der Waals surface area (Å²) in [6, 6.07) is 7.98. The van der Waals surface area contributed by atoms with E-state index in [-0.39, 0.29) is 35.7 Å². The Morgan fingerprint density at radius 1 is 1.15 bits per heavy atom. The molecule has 1 saturated carbocycles. The number of hydrogen-bond acceptors (Lipinski definition) is 7. The van der Waals surface area contributed by atoms with Gasteiger partial charge in [-0.1, -0.05) is 6.07 Å². The van der Waals surface area contributed by atoms with Crippen LogP contribution in [0.2, 0.25) is 0 Å². The molecule has 1 aromatic carbocycles. The number of halogens is 1. The number of ketones is 1. The summed E-state index contributed by atoms with van der Waals surface area (Å²) in [5, 5.41) is 2.97. The SMILES string of the molecule is CN(C)CCNC(=O)C1CCCN(C(=O)c2cc3nccc(Oc4ccc(CC(=O)CC5CC5)cc4F)c3s2)C1. The summed E-state index contributed by atoms with van der Waals surface area (Å²) in [5.74, 6) is 0.143. The molecule has 10 heteroatoms. The Labute approximate surface area is 237 Å². The Bertz CT molecular complexity index is 1400. The third kappa shape index (κ3) is 7.03. The number of ether oxygens (including phenoxy) is 1. The molecule has 0 bridgehead atoms. The van der Waals surface area contributed by atoms with Crippen LogP contribution in [-0.2, 0) is 16.0 Å². The van der Waals surface area contributed by atoms with Crippen LogP contribution in [0.25, 0.3) is 10.2 Å². The molecule has 212 valence electrons. The van der Waals surface area contributed by atoms with Crippen LogP contribution in [0.5, 0.6) is 11.5 Å². The zero-order valence-corrected chi connectivity index (χ0v) is 23.8. The number of aromatic nitrogens is 1. The maximum atomic E-state index is 14.9. The average Bonchev–Trinajstić information content (AvgIpc) is 3.63. The number of amides is 2. The van der Waals surface area contributed by atoms with E-state index in [4.69, 9.17) is 4.74 Å². The lowest BCUT2D eigenvalue weighted by Gasteiger charge is -2.31. The van der Waals surface area contributed by atoms with E-state index in [1.54, 1.807) is 35.4 Å². The summed E-state index contributed by atoms with van der Waals surface area (Å²) >= 11 is 1.25. The number of likely N-dealkylation sites (tertiary alicyclic amines) is 1. The molecule has 1 aliphatic carbocycles. The van der Waals surface area contributed by atoms with Gasteiger partial charge in [0.1, 0.15) is 11.5 Å². The number of carbonyl (C=O) groups is 3. The van der Waals surface area contributed by atoms with Crippen LogP contribution in [-0.4, -0.2) is 72.7 Å². The maximum Gasteiger partial charge on any atom is 0.264 e. The largest absolute Gasteiger partial charge is 0.453 e. The summed E-state index contributed by atoms with van der Waals surface area (Å²) in [4.78, 5) is 46.8. The summed E-state index contributed by atoms with van der Waals surface area (Å²) < 4.78 is 21.5. The van der Waals surface area contributed by atoms with Gasteiger partial charge in [0.15, 0.2) is 11.6 Å². The van der Waals surface area contributed by atoms with Gasteiger partial charge in [-0.05, 0) is 69.5 Å². The number of thiophene rings is 1. The second-order valence-corrected chi connectivity index (χ2v) is 12.1. The molecule has 40 heavy (non-hydrogen) atoms. The number of benzene rings is 1. The van der Waals surface area contributed by atoms with Gasteiger partial charge in [0.25, 0.3) is 5.91 Å². The van der Waals surface area contributed by atoms with Gasteiger partial charge in [-0.25, -0.2) is 4.39 Å². The number of carbonyl (C=O) groups excluding carboxylic acids is 3. The first kappa shape index (κ1) is 28.2. The molecule has 2 fully saturated rings. The number of fused-ring (bicyclic) bond motifs is 1. The Kier molecular flexibility index (Phi) is 8.75. The second-order valence-electron chi connectivity index (χ2n) is 11.0. The van der Waals surface area contributed by atoms with E-state index in [0.717, 1.165) is 32.2 Å². The van der Waals surface area contributed by atoms with Crippen LogP contribution in [0, 0.1) is 17.7 Å². The normalized spacial score (nSPS) is 17.3. The Morgan fingerprint density at radius 2 is 1.98 bits per heavy atom. The molecule has 0 spiro atoms. The number of likely N-dealkylation sites (N-methyl/N-ethyl adjacent to an activating group) is 1. The van der Waals surface area contributed by atoms with E-state index in [1.807, 2.05) is 19.0 Å². The first-order valence-corrected chi connectivity index (χ1v) is 14.7. The lowest BCUT2D eigenvalue weighted by Crippen LogP contribution is -2.46. The Morgan fingerprint density at radius 3 is 2.73 bits per heavy atom. The molecular formula is C30H35FN4O4S. The lowest BCUT2D eigenvalue weighted by atomic mass is 9.97. The molecule has 2 amide bonds. The topological polar surface area (TPSA) is 91.8 Å². The molecule has 0 radical (unpaired) electrons. The van der Waals surface area contributed by atoms with Gasteiger partial charge >= 0.3 is 0 Å². The highest BCUT2D eigenvalue weighted by Crippen LogP contribution is 2.37. The third-order valence-corrected chi connectivity index (χ3v) is 8.48. The highest BCUT2D eigenvalue weighted by atomic mass is 32.1. The summed E-state index contributed by atoms with van der Waals surface area (Å²) in [5.41, 5.74) is 1.22. The van der Waals surface area contributed by atoms with Gasteiger partial charge in [0, 0.05) is 51.3 Å². The first-order chi connectivity index (χ1) is 19.3. The van der Waals surface area contributed by atoms with E-state index in [2.05, 4.69) is 10.3 Å². The predicted molar refractivity (Wildman–Crippen MR) is 152 cm³/mol. The van der Waals surface area contributed by atoms with Crippen molar-refractivity contribution in [3.05, 3.63) is 52.8 Å². The predicted octanol–water partition coefficient (Wildman–Crippen LogP) is 4.67. The van der Waals surface area contributed by atoms with E-state index in [9.17, 15) is 18.8 Å². The molecule has 1 atom stereocenters. The molecular weight excluding hydrogens is 531 g/mol. The highest BCUT2D eigenvalue weighted by molar-refractivity contribution is 7.21. The van der Waals surface area contributed by atoms with E-state index in [1.165, 1.54) is 17.4 Å². The van der Waals surface area contributed by atoms with Crippen LogP contribution in [0.15, 0.2) is 36.5 Å². The van der Waals surface area contributed by atoms with E-state index < -0.39 is 5.82 Å². The Hall–Kier alpha value is -3.37. The smallest absolute Gasteiger partial charge is 0.264 e. The third-order valence-electron chi connectivity index (χ3n) is 7.35. The lowest BCUT2D eigenvalue weighted by molar-refractivity contribution is -0.126. The minimum absolute atomic E-state index is 0.0200. The van der Waals surface area contributed by atoms with Gasteiger partial charge in [0.2, 0.25) is 5.91 Å². The maximum absolute atomic E-state index is 14.9. The van der Waals surface area contributed by atoms with Crippen LogP contribution >= 0.6 is 11.3 Å². The molecule has 3 heterocycles. The molecule has 1 saturated heterocycles. The molecule has 8 nitrogen and oxygen atoms in total. The fraction of sp³-hybridized carbons (Fsp3) is 0.467. The fourth-order valence-corrected chi connectivity index (χ4v) is 6.01. The zero-order chi connectivity index (χ0) is 28.2. The van der Waals surface area contributed by atoms with Gasteiger partial charge in [-0.15, -0.1) is 11.3 Å².